The molecule has 1 unspecified atom stereocenters. The van der Waals surface area contributed by atoms with Crippen LogP contribution in [0.25, 0.3) is 0 Å². The van der Waals surface area contributed by atoms with E-state index < -0.39 is 14.0 Å². The van der Waals surface area contributed by atoms with E-state index in [4.69, 9.17) is 14.8 Å². The monoisotopic (exact) mass is 216 g/mol. The number of carbonyl (C=O) groups is 1. The van der Waals surface area contributed by atoms with Crippen LogP contribution in [0.2, 0.25) is 0 Å². The van der Waals surface area contributed by atoms with E-state index in [0.29, 0.717) is 0 Å². The molecule has 0 aliphatic rings. The summed E-state index contributed by atoms with van der Waals surface area (Å²) >= 11 is 0. The normalized spacial score (nSPS) is 12.2. The fourth-order valence-electron chi connectivity index (χ4n) is 0.0942. The molecule has 11 heavy (non-hydrogen) atoms. The minimum absolute atomic E-state index is 0. The van der Waals surface area contributed by atoms with Gasteiger partial charge in [0.25, 0.3) is 6.16 Å². The van der Waals surface area contributed by atoms with Crippen molar-refractivity contribution in [2.45, 2.75) is 0 Å². The fourth-order valence-corrected chi connectivity index (χ4v) is 0.283. The summed E-state index contributed by atoms with van der Waals surface area (Å²) in [5.41, 5.74) is 0. The molecule has 1 atom stereocenters. The van der Waals surface area contributed by atoms with Gasteiger partial charge in [0.1, 0.15) is 0 Å². The second-order valence-corrected chi connectivity index (χ2v) is 1.93. The van der Waals surface area contributed by atoms with E-state index >= 15 is 0 Å². The molecule has 0 fully saturated rings. The number of phosphoric ester groups is 1. The molecule has 10 heteroatoms. The van der Waals surface area contributed by atoms with Gasteiger partial charge in [0.15, 0.2) is 0 Å². The Hall–Kier alpha value is 0.600. The SMILES string of the molecule is O.O.O=C([O-])OP(=O)([O-])O.[Ca+2]. The van der Waals surface area contributed by atoms with Gasteiger partial charge in [-0.1, -0.05) is 0 Å². The van der Waals surface area contributed by atoms with Crippen molar-refractivity contribution in [3.05, 3.63) is 0 Å². The molecular weight excluding hydrogens is 211 g/mol. The molecule has 0 amide bonds. The Labute approximate surface area is 91.0 Å². The first kappa shape index (κ1) is 22.6. The van der Waals surface area contributed by atoms with Gasteiger partial charge in [-0.05, 0) is 0 Å². The van der Waals surface area contributed by atoms with Crippen LogP contribution in [0.1, 0.15) is 0 Å². The second-order valence-electron chi connectivity index (χ2n) is 0.810. The molecule has 0 aliphatic heterocycles. The molecule has 0 heterocycles. The van der Waals surface area contributed by atoms with Gasteiger partial charge in [0.2, 0.25) is 7.82 Å². The summed E-state index contributed by atoms with van der Waals surface area (Å²) in [5, 5.41) is 9.15. The van der Waals surface area contributed by atoms with E-state index in [2.05, 4.69) is 4.52 Å². The van der Waals surface area contributed by atoms with E-state index in [9.17, 15) is 9.46 Å². The third-order valence-electron chi connectivity index (χ3n) is 0.190. The average Bonchev–Trinajstić information content (AvgIpc) is 1.21. The third kappa shape index (κ3) is 25.0. The third-order valence-corrected chi connectivity index (χ3v) is 0.570. The number of hydrogen-bond donors (Lipinski definition) is 1. The maximum atomic E-state index is 9.38. The van der Waals surface area contributed by atoms with Gasteiger partial charge in [-0.25, -0.2) is 0 Å². The first-order valence-electron chi connectivity index (χ1n) is 1.36. The summed E-state index contributed by atoms with van der Waals surface area (Å²) in [4.78, 5) is 26.1. The topological polar surface area (TPSA) is 173 Å². The quantitative estimate of drug-likeness (QED) is 0.343. The van der Waals surface area contributed by atoms with Crippen LogP contribution in [0.3, 0.4) is 0 Å². The number of hydrogen-bond acceptors (Lipinski definition) is 5. The molecule has 0 saturated heterocycles. The predicted molar refractivity (Wildman–Crippen MR) is 29.3 cm³/mol. The van der Waals surface area contributed by atoms with Crippen LogP contribution in [0.4, 0.5) is 4.79 Å². The van der Waals surface area contributed by atoms with Crippen molar-refractivity contribution >= 4 is 51.7 Å². The van der Waals surface area contributed by atoms with E-state index in [1.54, 1.807) is 0 Å². The van der Waals surface area contributed by atoms with Crippen LogP contribution in [0, 0.1) is 0 Å². The molecule has 0 spiro atoms. The molecule has 0 bridgehead atoms. The van der Waals surface area contributed by atoms with Crippen LogP contribution in [-0.4, -0.2) is 59.7 Å². The van der Waals surface area contributed by atoms with Crippen molar-refractivity contribution < 1.29 is 39.7 Å². The average molecular weight is 216 g/mol. The molecule has 8 nitrogen and oxygen atoms in total. The van der Waals surface area contributed by atoms with Crippen LogP contribution in [0.15, 0.2) is 0 Å². The van der Waals surface area contributed by atoms with Gasteiger partial charge in [-0.3, -0.25) is 4.57 Å². The van der Waals surface area contributed by atoms with Gasteiger partial charge in [0.05, 0.1) is 0 Å². The van der Waals surface area contributed by atoms with Crippen molar-refractivity contribution in [3.8, 4) is 0 Å². The fraction of sp³-hybridized carbons (Fsp3) is 0. The summed E-state index contributed by atoms with van der Waals surface area (Å²) < 4.78 is 12.2. The van der Waals surface area contributed by atoms with Gasteiger partial charge < -0.3 is 35.2 Å². The Balaban J connectivity index is -0.0000000817. The van der Waals surface area contributed by atoms with Gasteiger partial charge in [-0.2, -0.15) is 0 Å². The van der Waals surface area contributed by atoms with Crippen molar-refractivity contribution in [3.63, 3.8) is 0 Å². The molecule has 0 saturated carbocycles. The van der Waals surface area contributed by atoms with Crippen molar-refractivity contribution in [1.29, 1.82) is 0 Å². The molecule has 0 radical (unpaired) electrons. The Morgan fingerprint density at radius 3 is 1.73 bits per heavy atom. The summed E-state index contributed by atoms with van der Waals surface area (Å²) in [6.45, 7) is 0. The number of rotatable bonds is 1. The summed E-state index contributed by atoms with van der Waals surface area (Å²) in [6.07, 6.45) is -2.30. The van der Waals surface area contributed by atoms with Crippen LogP contribution < -0.4 is 10.00 Å². The smallest absolute Gasteiger partial charge is 0.762 e. The van der Waals surface area contributed by atoms with Crippen molar-refractivity contribution in [1.82, 2.24) is 0 Å². The zero-order valence-electron chi connectivity index (χ0n) is 5.14. The summed E-state index contributed by atoms with van der Waals surface area (Å²) in [5.74, 6) is 0. The van der Waals surface area contributed by atoms with E-state index in [1.165, 1.54) is 0 Å². The molecule has 0 aromatic heterocycles. The first-order valence-corrected chi connectivity index (χ1v) is 2.86. The van der Waals surface area contributed by atoms with Gasteiger partial charge in [0, 0.05) is 0 Å². The van der Waals surface area contributed by atoms with Crippen LogP contribution in [-0.2, 0) is 9.09 Å². The first-order chi connectivity index (χ1) is 3.42. The van der Waals surface area contributed by atoms with Crippen molar-refractivity contribution in [2.75, 3.05) is 0 Å². The van der Waals surface area contributed by atoms with E-state index in [-0.39, 0.29) is 48.7 Å². The largest absolute Gasteiger partial charge is 2.00 e. The Morgan fingerprint density at radius 1 is 1.45 bits per heavy atom. The second kappa shape index (κ2) is 8.69. The zero-order valence-corrected chi connectivity index (χ0v) is 8.25. The number of carboxylic acid groups (broad SMARTS) is 1. The van der Waals surface area contributed by atoms with E-state index in [0.717, 1.165) is 0 Å². The Bertz CT molecular complexity index is 137. The molecule has 0 aromatic rings. The predicted octanol–water partition coefficient (Wildman–Crippen LogP) is -4.22. The van der Waals surface area contributed by atoms with Crippen LogP contribution in [0.5, 0.6) is 0 Å². The maximum Gasteiger partial charge on any atom is 2.00 e. The number of carbonyl (C=O) groups excluding carboxylic acids is 1. The standard InChI is InChI=1S/CH3O6P.Ca.2H2O/c2-1(3)7-8(4,5)6;;;/h(H,2,3)(H2,4,5,6);;2*1H2/q;+2;;/p-2. The molecule has 0 aromatic carbocycles. The number of phosphoric acid groups is 1. The maximum absolute atomic E-state index is 9.38. The summed E-state index contributed by atoms with van der Waals surface area (Å²) in [7, 11) is -5.13. The van der Waals surface area contributed by atoms with Crippen LogP contribution >= 0.6 is 7.82 Å². The van der Waals surface area contributed by atoms with E-state index in [1.807, 2.05) is 0 Å². The molecule has 5 N–H and O–H groups in total. The summed E-state index contributed by atoms with van der Waals surface area (Å²) in [6, 6.07) is 0. The molecule has 64 valence electrons. The molecular formula is CH5CaO8P. The van der Waals surface area contributed by atoms with Gasteiger partial charge >= 0.3 is 37.7 Å². The zero-order chi connectivity index (χ0) is 6.78. The minimum Gasteiger partial charge on any atom is -0.762 e. The Kier molecular flexibility index (Phi) is 17.8. The van der Waals surface area contributed by atoms with Gasteiger partial charge in [-0.15, -0.1) is 0 Å². The minimum atomic E-state index is -5.13. The molecule has 0 aliphatic carbocycles. The molecule has 0 rings (SSSR count). The van der Waals surface area contributed by atoms with Crippen molar-refractivity contribution in [2.24, 2.45) is 0 Å². The Morgan fingerprint density at radius 2 is 1.73 bits per heavy atom.